The highest BCUT2D eigenvalue weighted by Crippen LogP contribution is 2.25. The van der Waals surface area contributed by atoms with E-state index in [4.69, 9.17) is 4.74 Å². The van der Waals surface area contributed by atoms with Crippen LogP contribution in [0.3, 0.4) is 0 Å². The van der Waals surface area contributed by atoms with Crippen LogP contribution in [-0.2, 0) is 17.9 Å². The minimum atomic E-state index is -0.236. The summed E-state index contributed by atoms with van der Waals surface area (Å²) in [4.78, 5) is 16.4. The number of pyridine rings is 1. The van der Waals surface area contributed by atoms with Gasteiger partial charge in [-0.3, -0.25) is 9.78 Å². The lowest BCUT2D eigenvalue weighted by atomic mass is 10.1. The maximum absolute atomic E-state index is 12.1. The van der Waals surface area contributed by atoms with Crippen molar-refractivity contribution in [3.05, 3.63) is 58.9 Å². The quantitative estimate of drug-likeness (QED) is 0.708. The average Bonchev–Trinajstić information content (AvgIpc) is 2.66. The Bertz CT molecular complexity index is 723. The molecule has 0 aliphatic rings. The number of ether oxygens (including phenoxy) is 1. The summed E-state index contributed by atoms with van der Waals surface area (Å²) in [6.07, 6.45) is 2.70. The molecule has 1 heterocycles. The number of benzene rings is 1. The van der Waals surface area contributed by atoms with Gasteiger partial charge < -0.3 is 15.4 Å². The maximum atomic E-state index is 12.1. The van der Waals surface area contributed by atoms with Gasteiger partial charge in [0.25, 0.3) is 0 Å². The van der Waals surface area contributed by atoms with Crippen LogP contribution in [0.2, 0.25) is 0 Å². The molecule has 0 aliphatic carbocycles. The summed E-state index contributed by atoms with van der Waals surface area (Å²) >= 11 is 0. The fraction of sp³-hybridized carbons (Fsp3) is 0.455. The minimum Gasteiger partial charge on any atom is -0.487 e. The zero-order chi connectivity index (χ0) is 19.8. The number of hydrogen-bond donors (Lipinski definition) is 2. The molecule has 2 N–H and O–H groups in total. The van der Waals surface area contributed by atoms with Crippen LogP contribution in [0.1, 0.15) is 49.6 Å². The fourth-order valence-corrected chi connectivity index (χ4v) is 2.83. The van der Waals surface area contributed by atoms with Gasteiger partial charge in [-0.05, 0) is 62.9 Å². The number of nitrogens with zero attached hydrogens (tertiary/aromatic N) is 1. The molecule has 2 rings (SSSR count). The predicted octanol–water partition coefficient (Wildman–Crippen LogP) is 3.67. The zero-order valence-corrected chi connectivity index (χ0v) is 17.0. The molecule has 0 radical (unpaired) electrons. The van der Waals surface area contributed by atoms with E-state index in [1.165, 1.54) is 0 Å². The second-order valence-corrected chi connectivity index (χ2v) is 7.09. The molecule has 0 aliphatic heterocycles. The Labute approximate surface area is 162 Å². The molecular formula is C22H31N3O2. The Morgan fingerprint density at radius 3 is 2.48 bits per heavy atom. The van der Waals surface area contributed by atoms with Crippen molar-refractivity contribution in [3.8, 4) is 5.75 Å². The SMILES string of the molecule is CCC(C)NC(=O)C(C)NCc1cc(C)c(OCc2ccccn2)c(C)c1. The Morgan fingerprint density at radius 2 is 1.89 bits per heavy atom. The normalized spacial score (nSPS) is 13.1. The van der Waals surface area contributed by atoms with Gasteiger partial charge in [0.15, 0.2) is 0 Å². The summed E-state index contributed by atoms with van der Waals surface area (Å²) in [5.41, 5.74) is 4.21. The van der Waals surface area contributed by atoms with E-state index in [0.29, 0.717) is 13.2 Å². The van der Waals surface area contributed by atoms with E-state index in [2.05, 4.69) is 34.7 Å². The smallest absolute Gasteiger partial charge is 0.237 e. The number of rotatable bonds is 9. The lowest BCUT2D eigenvalue weighted by Gasteiger charge is -2.18. The lowest BCUT2D eigenvalue weighted by Crippen LogP contribution is -2.45. The second-order valence-electron chi connectivity index (χ2n) is 7.09. The van der Waals surface area contributed by atoms with E-state index in [1.807, 2.05) is 45.9 Å². The molecule has 0 bridgehead atoms. The Balaban J connectivity index is 1.94. The highest BCUT2D eigenvalue weighted by Gasteiger charge is 2.14. The number of carbonyl (C=O) groups excluding carboxylic acids is 1. The first-order valence-corrected chi connectivity index (χ1v) is 9.57. The van der Waals surface area contributed by atoms with Crippen LogP contribution >= 0.6 is 0 Å². The van der Waals surface area contributed by atoms with E-state index >= 15 is 0 Å². The van der Waals surface area contributed by atoms with Gasteiger partial charge in [-0.2, -0.15) is 0 Å². The van der Waals surface area contributed by atoms with Crippen LogP contribution in [0.25, 0.3) is 0 Å². The largest absolute Gasteiger partial charge is 0.487 e. The van der Waals surface area contributed by atoms with E-state index in [0.717, 1.165) is 34.6 Å². The van der Waals surface area contributed by atoms with Gasteiger partial charge in [0.2, 0.25) is 5.91 Å². The van der Waals surface area contributed by atoms with Gasteiger partial charge >= 0.3 is 0 Å². The third-order valence-electron chi connectivity index (χ3n) is 4.62. The molecule has 2 atom stereocenters. The summed E-state index contributed by atoms with van der Waals surface area (Å²) in [6, 6.07) is 9.97. The van der Waals surface area contributed by atoms with E-state index in [9.17, 15) is 4.79 Å². The number of aryl methyl sites for hydroxylation is 2. The maximum Gasteiger partial charge on any atom is 0.237 e. The molecule has 1 aromatic carbocycles. The monoisotopic (exact) mass is 369 g/mol. The van der Waals surface area contributed by atoms with Gasteiger partial charge in [-0.25, -0.2) is 0 Å². The number of nitrogens with one attached hydrogen (secondary N) is 2. The van der Waals surface area contributed by atoms with Crippen LogP contribution in [0.5, 0.6) is 5.75 Å². The van der Waals surface area contributed by atoms with Gasteiger partial charge in [0.1, 0.15) is 12.4 Å². The van der Waals surface area contributed by atoms with Crippen molar-refractivity contribution in [2.24, 2.45) is 0 Å². The molecule has 27 heavy (non-hydrogen) atoms. The molecule has 5 nitrogen and oxygen atoms in total. The summed E-state index contributed by atoms with van der Waals surface area (Å²) in [7, 11) is 0. The molecule has 5 heteroatoms. The highest BCUT2D eigenvalue weighted by atomic mass is 16.5. The first kappa shape index (κ1) is 20.9. The molecular weight excluding hydrogens is 338 g/mol. The Kier molecular flexibility index (Phi) is 7.80. The first-order valence-electron chi connectivity index (χ1n) is 9.57. The van der Waals surface area contributed by atoms with Gasteiger partial charge in [-0.1, -0.05) is 25.1 Å². The lowest BCUT2D eigenvalue weighted by molar-refractivity contribution is -0.123. The van der Waals surface area contributed by atoms with Crippen LogP contribution < -0.4 is 15.4 Å². The number of carbonyl (C=O) groups is 1. The molecule has 0 spiro atoms. The topological polar surface area (TPSA) is 63.2 Å². The molecule has 1 amide bonds. The van der Waals surface area contributed by atoms with E-state index < -0.39 is 0 Å². The number of amides is 1. The Hall–Kier alpha value is -2.40. The summed E-state index contributed by atoms with van der Waals surface area (Å²) in [5.74, 6) is 0.931. The summed E-state index contributed by atoms with van der Waals surface area (Å²) < 4.78 is 5.98. The molecule has 0 fully saturated rings. The molecule has 0 saturated heterocycles. The predicted molar refractivity (Wildman–Crippen MR) is 109 cm³/mol. The number of hydrogen-bond acceptors (Lipinski definition) is 4. The Morgan fingerprint density at radius 1 is 1.19 bits per heavy atom. The van der Waals surface area contributed by atoms with Gasteiger partial charge in [-0.15, -0.1) is 0 Å². The van der Waals surface area contributed by atoms with E-state index in [-0.39, 0.29) is 18.0 Å². The van der Waals surface area contributed by atoms with Gasteiger partial charge in [0, 0.05) is 18.8 Å². The molecule has 0 saturated carbocycles. The third kappa shape index (κ3) is 6.36. The standard InChI is InChI=1S/C22H31N3O2/c1-6-17(4)25-22(26)18(5)24-13-19-11-15(2)21(16(3)12-19)27-14-20-9-7-8-10-23-20/h7-12,17-18,24H,6,13-14H2,1-5H3,(H,25,26). The summed E-state index contributed by atoms with van der Waals surface area (Å²) in [6.45, 7) is 11.1. The highest BCUT2D eigenvalue weighted by molar-refractivity contribution is 5.81. The third-order valence-corrected chi connectivity index (χ3v) is 4.62. The van der Waals surface area contributed by atoms with Crippen LogP contribution in [0, 0.1) is 13.8 Å². The average molecular weight is 370 g/mol. The summed E-state index contributed by atoms with van der Waals surface area (Å²) in [5, 5.41) is 6.30. The van der Waals surface area contributed by atoms with Gasteiger partial charge in [0.05, 0.1) is 11.7 Å². The van der Waals surface area contributed by atoms with Crippen molar-refractivity contribution < 1.29 is 9.53 Å². The van der Waals surface area contributed by atoms with Crippen molar-refractivity contribution >= 4 is 5.91 Å². The van der Waals surface area contributed by atoms with Crippen molar-refractivity contribution in [1.29, 1.82) is 0 Å². The molecule has 146 valence electrons. The minimum absolute atomic E-state index is 0.0353. The van der Waals surface area contributed by atoms with E-state index in [1.54, 1.807) is 6.20 Å². The van der Waals surface area contributed by atoms with Crippen molar-refractivity contribution in [2.75, 3.05) is 0 Å². The molecule has 2 unspecified atom stereocenters. The van der Waals surface area contributed by atoms with Crippen molar-refractivity contribution in [2.45, 2.75) is 66.3 Å². The fourth-order valence-electron chi connectivity index (χ4n) is 2.83. The van der Waals surface area contributed by atoms with Crippen molar-refractivity contribution in [1.82, 2.24) is 15.6 Å². The number of aromatic nitrogens is 1. The van der Waals surface area contributed by atoms with Crippen molar-refractivity contribution in [3.63, 3.8) is 0 Å². The molecule has 2 aromatic rings. The van der Waals surface area contributed by atoms with Crippen LogP contribution in [0.15, 0.2) is 36.5 Å². The zero-order valence-electron chi connectivity index (χ0n) is 17.0. The van der Waals surface area contributed by atoms with Crippen LogP contribution in [-0.4, -0.2) is 23.0 Å². The second kappa shape index (κ2) is 10.1. The molecule has 1 aromatic heterocycles. The van der Waals surface area contributed by atoms with Crippen LogP contribution in [0.4, 0.5) is 0 Å². The first-order chi connectivity index (χ1) is 12.9.